The highest BCUT2D eigenvalue weighted by molar-refractivity contribution is 6.06. The molecule has 2 aromatic heterocycles. The first-order valence-electron chi connectivity index (χ1n) is 14.8. The number of amides is 1. The van der Waals surface area contributed by atoms with Crippen molar-refractivity contribution in [3.8, 4) is 0 Å². The van der Waals surface area contributed by atoms with E-state index in [1.54, 1.807) is 6.20 Å². The lowest BCUT2D eigenvalue weighted by Crippen LogP contribution is -2.48. The van der Waals surface area contributed by atoms with Crippen LogP contribution in [0.4, 0.5) is 14.6 Å². The molecule has 0 radical (unpaired) electrons. The molecule has 2 aliphatic heterocycles. The minimum Gasteiger partial charge on any atom is -0.323 e. The number of carbonyl (C=O) groups excluding carboxylic acids is 1. The Morgan fingerprint density at radius 3 is 2.56 bits per heavy atom. The van der Waals surface area contributed by atoms with Gasteiger partial charge in [0, 0.05) is 47.4 Å². The van der Waals surface area contributed by atoms with E-state index in [4.69, 9.17) is 14.5 Å². The first kappa shape index (κ1) is 28.0. The Bertz CT molecular complexity index is 1720. The van der Waals surface area contributed by atoms with Crippen molar-refractivity contribution in [1.82, 2.24) is 15.3 Å². The second kappa shape index (κ2) is 10.4. The number of carbonyl (C=O) groups is 1. The molecule has 7 rings (SSSR count). The van der Waals surface area contributed by atoms with Gasteiger partial charge in [-0.15, -0.1) is 0 Å². The highest BCUT2D eigenvalue weighted by Crippen LogP contribution is 2.47. The number of pyridine rings is 2. The van der Waals surface area contributed by atoms with Gasteiger partial charge < -0.3 is 20.1 Å². The second-order valence-corrected chi connectivity index (χ2v) is 12.8. The molecular weight excluding hydrogens is 550 g/mol. The third-order valence-corrected chi connectivity index (χ3v) is 9.22. The van der Waals surface area contributed by atoms with E-state index in [0.717, 1.165) is 45.6 Å². The van der Waals surface area contributed by atoms with Gasteiger partial charge in [0.2, 0.25) is 5.91 Å². The van der Waals surface area contributed by atoms with Crippen LogP contribution in [0.1, 0.15) is 67.5 Å². The number of fused-ring (bicyclic) bond motifs is 4. The van der Waals surface area contributed by atoms with Crippen LogP contribution >= 0.6 is 0 Å². The highest BCUT2D eigenvalue weighted by Gasteiger charge is 2.51. The molecule has 1 amide bonds. The van der Waals surface area contributed by atoms with Gasteiger partial charge in [0.05, 0.1) is 10.9 Å². The highest BCUT2D eigenvalue weighted by atomic mass is 19.1. The van der Waals surface area contributed by atoms with Crippen LogP contribution in [-0.4, -0.2) is 28.5 Å². The molecule has 0 bridgehead atoms. The zero-order valence-corrected chi connectivity index (χ0v) is 24.4. The van der Waals surface area contributed by atoms with Crippen LogP contribution < -0.4 is 10.6 Å². The maximum Gasteiger partial charge on any atom is 0.237 e. The molecule has 0 unspecified atom stereocenters. The molecule has 2 N–H and O–H groups in total. The Morgan fingerprint density at radius 2 is 1.81 bits per heavy atom. The van der Waals surface area contributed by atoms with Crippen LogP contribution in [0.3, 0.4) is 0 Å². The molecule has 2 atom stereocenters. The summed E-state index contributed by atoms with van der Waals surface area (Å²) in [6.07, 6.45) is 5.58. The number of hydrogen-bond donors (Lipinski definition) is 2. The second-order valence-electron chi connectivity index (χ2n) is 12.8. The normalized spacial score (nSPS) is 23.2. The van der Waals surface area contributed by atoms with Gasteiger partial charge in [-0.1, -0.05) is 19.9 Å². The Labute approximate surface area is 249 Å². The van der Waals surface area contributed by atoms with Crippen molar-refractivity contribution < 1.29 is 23.0 Å². The van der Waals surface area contributed by atoms with Gasteiger partial charge in [-0.05, 0) is 91.3 Å². The molecule has 1 aliphatic carbocycles. The number of rotatable bonds is 8. The topological polar surface area (TPSA) is 85.4 Å². The molecule has 0 saturated carbocycles. The SMILES string of the molecule is CC1OC(C(C)(C)CC[C@H](NCc2cnc3cc4c(cc3c2)C[C@@]2(C4)C(=O)Nc3ncccc32)c2cc(F)cc(F)c2)O1. The van der Waals surface area contributed by atoms with Gasteiger partial charge in [0.1, 0.15) is 17.5 Å². The molecule has 3 aliphatic rings. The largest absolute Gasteiger partial charge is 0.323 e. The molecule has 4 aromatic rings. The Kier molecular flexibility index (Phi) is 6.80. The lowest BCUT2D eigenvalue weighted by Gasteiger charge is -2.44. The summed E-state index contributed by atoms with van der Waals surface area (Å²) < 4.78 is 39.9. The number of anilines is 1. The number of benzene rings is 2. The maximum atomic E-state index is 14.2. The monoisotopic (exact) mass is 584 g/mol. The summed E-state index contributed by atoms with van der Waals surface area (Å²) >= 11 is 0. The number of nitrogens with one attached hydrogen (secondary N) is 2. The van der Waals surface area contributed by atoms with Gasteiger partial charge in [-0.25, -0.2) is 13.8 Å². The summed E-state index contributed by atoms with van der Waals surface area (Å²) in [5.74, 6) is -0.565. The molecule has 1 fully saturated rings. The van der Waals surface area contributed by atoms with Crippen molar-refractivity contribution in [2.75, 3.05) is 5.32 Å². The van der Waals surface area contributed by atoms with Crippen LogP contribution in [0.25, 0.3) is 10.9 Å². The van der Waals surface area contributed by atoms with E-state index in [1.165, 1.54) is 12.1 Å². The smallest absolute Gasteiger partial charge is 0.237 e. The van der Waals surface area contributed by atoms with Crippen LogP contribution in [0.15, 0.2) is 60.9 Å². The van der Waals surface area contributed by atoms with Crippen molar-refractivity contribution in [2.45, 2.75) is 77.0 Å². The maximum absolute atomic E-state index is 14.2. The third kappa shape index (κ3) is 5.09. The zero-order valence-electron chi connectivity index (χ0n) is 24.4. The first-order chi connectivity index (χ1) is 20.6. The summed E-state index contributed by atoms with van der Waals surface area (Å²) in [6, 6.07) is 13.5. The number of nitrogens with zero attached hydrogens (tertiary/aromatic N) is 2. The van der Waals surface area contributed by atoms with Crippen molar-refractivity contribution >= 4 is 22.6 Å². The van der Waals surface area contributed by atoms with Crippen LogP contribution in [0.2, 0.25) is 0 Å². The summed E-state index contributed by atoms with van der Waals surface area (Å²) in [4.78, 5) is 22.2. The van der Waals surface area contributed by atoms with Crippen molar-refractivity contribution in [2.24, 2.45) is 5.41 Å². The lowest BCUT2D eigenvalue weighted by atomic mass is 9.79. The van der Waals surface area contributed by atoms with E-state index >= 15 is 0 Å². The summed E-state index contributed by atoms with van der Waals surface area (Å²) in [5.41, 5.74) is 4.68. The van der Waals surface area contributed by atoms with E-state index in [0.29, 0.717) is 37.2 Å². The van der Waals surface area contributed by atoms with E-state index in [9.17, 15) is 13.6 Å². The molecule has 4 heterocycles. The first-order valence-corrected chi connectivity index (χ1v) is 14.8. The van der Waals surface area contributed by atoms with Crippen molar-refractivity contribution in [1.29, 1.82) is 0 Å². The number of aromatic nitrogens is 2. The molecule has 1 spiro atoms. The predicted octanol–water partition coefficient (Wildman–Crippen LogP) is 6.25. The van der Waals surface area contributed by atoms with E-state index in [-0.39, 0.29) is 29.9 Å². The van der Waals surface area contributed by atoms with Gasteiger partial charge in [-0.3, -0.25) is 9.78 Å². The Balaban J connectivity index is 1.11. The Hall–Kier alpha value is -3.79. The summed E-state index contributed by atoms with van der Waals surface area (Å²) in [6.45, 7) is 6.47. The van der Waals surface area contributed by atoms with E-state index < -0.39 is 17.0 Å². The summed E-state index contributed by atoms with van der Waals surface area (Å²) in [5, 5.41) is 7.47. The average Bonchev–Trinajstić information content (AvgIpc) is 3.45. The predicted molar refractivity (Wildman–Crippen MR) is 158 cm³/mol. The fraction of sp³-hybridized carbons (Fsp3) is 0.382. The molecule has 2 aromatic carbocycles. The summed E-state index contributed by atoms with van der Waals surface area (Å²) in [7, 11) is 0. The fourth-order valence-electron chi connectivity index (χ4n) is 6.81. The molecule has 43 heavy (non-hydrogen) atoms. The minimum absolute atomic E-state index is 0.00717. The standard InChI is InChI=1S/C34H34F2N4O3/c1-19-42-32(43-19)33(2,3)7-6-28(22-11-25(35)14-26(36)12-22)38-17-20-9-21-10-23-15-34(16-24(23)13-29(21)39-18-20)27-5-4-8-37-30(27)40-31(34)41/h4-5,8-14,18-19,28,32,38H,6-7,15-17H2,1-3H3,(H,37,40,41)/t19?,28-,32?,34-/m0/s1. The molecule has 1 saturated heterocycles. The number of ether oxygens (including phenoxy) is 2. The van der Waals surface area contributed by atoms with Crippen LogP contribution in [-0.2, 0) is 39.1 Å². The molecule has 9 heteroatoms. The van der Waals surface area contributed by atoms with E-state index in [2.05, 4.69) is 47.7 Å². The van der Waals surface area contributed by atoms with Gasteiger partial charge in [0.25, 0.3) is 0 Å². The van der Waals surface area contributed by atoms with Gasteiger partial charge >= 0.3 is 0 Å². The molecular formula is C34H34F2N4O3. The number of halogens is 2. The molecule has 7 nitrogen and oxygen atoms in total. The Morgan fingerprint density at radius 1 is 1.07 bits per heavy atom. The van der Waals surface area contributed by atoms with Crippen molar-refractivity contribution in [3.63, 3.8) is 0 Å². The van der Waals surface area contributed by atoms with Gasteiger partial charge in [-0.2, -0.15) is 0 Å². The zero-order chi connectivity index (χ0) is 29.9. The van der Waals surface area contributed by atoms with Crippen molar-refractivity contribution in [3.05, 3.63) is 100 Å². The lowest BCUT2D eigenvalue weighted by molar-refractivity contribution is -0.407. The minimum atomic E-state index is -0.636. The number of hydrogen-bond acceptors (Lipinski definition) is 6. The van der Waals surface area contributed by atoms with Crippen LogP contribution in [0.5, 0.6) is 0 Å². The quantitative estimate of drug-likeness (QED) is 0.255. The average molecular weight is 585 g/mol. The molecule has 222 valence electrons. The van der Waals surface area contributed by atoms with Gasteiger partial charge in [0.15, 0.2) is 12.6 Å². The fourth-order valence-corrected chi connectivity index (χ4v) is 6.81. The third-order valence-electron chi connectivity index (χ3n) is 9.22. The van der Waals surface area contributed by atoms with E-state index in [1.807, 2.05) is 25.3 Å². The van der Waals surface area contributed by atoms with Crippen LogP contribution in [0, 0.1) is 17.0 Å².